The standard InChI is InChI=1S/C29H40O6/c1-18-13-20(15-22(26(18)32)28(3,4)5)9-11-24(30)34-17-35-25(31)12-10-21-14-19(2)27(33)23(16-21)29(6,7)8/h13-16,32-33H,9-12,17H2,1-8H3. The van der Waals surface area contributed by atoms with Crippen LogP contribution in [0.3, 0.4) is 0 Å². The van der Waals surface area contributed by atoms with Crippen molar-refractivity contribution in [2.75, 3.05) is 6.79 Å². The molecule has 0 fully saturated rings. The van der Waals surface area contributed by atoms with Crippen LogP contribution in [0.4, 0.5) is 0 Å². The van der Waals surface area contributed by atoms with Gasteiger partial charge in [-0.25, -0.2) is 0 Å². The predicted octanol–water partition coefficient (Wildman–Crippen LogP) is 5.92. The zero-order chi connectivity index (χ0) is 26.6. The summed E-state index contributed by atoms with van der Waals surface area (Å²) in [4.78, 5) is 24.3. The summed E-state index contributed by atoms with van der Waals surface area (Å²) >= 11 is 0. The fraction of sp³-hybridized carbons (Fsp3) is 0.517. The van der Waals surface area contributed by atoms with Crippen LogP contribution in [-0.4, -0.2) is 28.9 Å². The van der Waals surface area contributed by atoms with Gasteiger partial charge in [0.15, 0.2) is 0 Å². The molecule has 2 N–H and O–H groups in total. The topological polar surface area (TPSA) is 93.1 Å². The van der Waals surface area contributed by atoms with E-state index in [2.05, 4.69) is 0 Å². The van der Waals surface area contributed by atoms with E-state index < -0.39 is 18.7 Å². The first-order chi connectivity index (χ1) is 16.1. The quantitative estimate of drug-likeness (QED) is 0.357. The predicted molar refractivity (Wildman–Crippen MR) is 137 cm³/mol. The van der Waals surface area contributed by atoms with Crippen LogP contribution >= 0.6 is 0 Å². The summed E-state index contributed by atoms with van der Waals surface area (Å²) in [5.74, 6) is -0.338. The monoisotopic (exact) mass is 484 g/mol. The fourth-order valence-corrected chi connectivity index (χ4v) is 3.94. The maximum absolute atomic E-state index is 12.1. The molecule has 0 saturated carbocycles. The van der Waals surface area contributed by atoms with Crippen molar-refractivity contribution in [3.8, 4) is 11.5 Å². The molecule has 0 atom stereocenters. The molecule has 0 unspecified atom stereocenters. The number of rotatable bonds is 8. The Labute approximate surface area is 209 Å². The summed E-state index contributed by atoms with van der Waals surface area (Å²) in [5.41, 5.74) is 4.68. The molecular formula is C29H40O6. The van der Waals surface area contributed by atoms with Gasteiger partial charge in [0.05, 0.1) is 0 Å². The zero-order valence-corrected chi connectivity index (χ0v) is 22.4. The zero-order valence-electron chi connectivity index (χ0n) is 22.4. The molecule has 0 aliphatic heterocycles. The van der Waals surface area contributed by atoms with E-state index in [1.54, 1.807) is 0 Å². The lowest BCUT2D eigenvalue weighted by Gasteiger charge is -2.22. The SMILES string of the molecule is Cc1cc(CCC(=O)OCOC(=O)CCc2cc(C)c(O)c(C(C)(C)C)c2)cc(C(C)(C)C)c1O. The van der Waals surface area contributed by atoms with Gasteiger partial charge in [-0.15, -0.1) is 0 Å². The molecule has 6 heteroatoms. The first-order valence-electron chi connectivity index (χ1n) is 12.1. The van der Waals surface area contributed by atoms with Crippen LogP contribution in [0.5, 0.6) is 11.5 Å². The van der Waals surface area contributed by atoms with Gasteiger partial charge in [-0.05, 0) is 70.9 Å². The molecule has 192 valence electrons. The number of phenolic OH excluding ortho intramolecular Hbond substituents is 2. The molecule has 0 aliphatic carbocycles. The molecule has 0 spiro atoms. The smallest absolute Gasteiger partial charge is 0.308 e. The van der Waals surface area contributed by atoms with Crippen LogP contribution in [0, 0.1) is 13.8 Å². The van der Waals surface area contributed by atoms with Crippen molar-refractivity contribution >= 4 is 11.9 Å². The summed E-state index contributed by atoms with van der Waals surface area (Å²) in [7, 11) is 0. The van der Waals surface area contributed by atoms with Gasteiger partial charge in [0.2, 0.25) is 6.79 Å². The Morgan fingerprint density at radius 2 is 1.03 bits per heavy atom. The van der Waals surface area contributed by atoms with E-state index in [-0.39, 0.29) is 35.2 Å². The maximum Gasteiger partial charge on any atom is 0.308 e. The second-order valence-corrected chi connectivity index (χ2v) is 11.3. The molecule has 2 aromatic carbocycles. The maximum atomic E-state index is 12.1. The van der Waals surface area contributed by atoms with Crippen LogP contribution in [0.2, 0.25) is 0 Å². The lowest BCUT2D eigenvalue weighted by atomic mass is 9.83. The number of aromatic hydroxyl groups is 2. The summed E-state index contributed by atoms with van der Waals surface area (Å²) in [6.07, 6.45) is 1.22. The fourth-order valence-electron chi connectivity index (χ4n) is 3.94. The molecule has 0 bridgehead atoms. The third kappa shape index (κ3) is 8.01. The van der Waals surface area contributed by atoms with E-state index in [9.17, 15) is 19.8 Å². The molecule has 0 saturated heterocycles. The number of hydrogen-bond donors (Lipinski definition) is 2. The third-order valence-corrected chi connectivity index (χ3v) is 6.01. The number of benzene rings is 2. The summed E-state index contributed by atoms with van der Waals surface area (Å²) < 4.78 is 10.1. The Morgan fingerprint density at radius 1 is 0.686 bits per heavy atom. The lowest BCUT2D eigenvalue weighted by molar-refractivity contribution is -0.167. The molecule has 0 amide bonds. The van der Waals surface area contributed by atoms with E-state index >= 15 is 0 Å². The van der Waals surface area contributed by atoms with E-state index in [4.69, 9.17) is 9.47 Å². The largest absolute Gasteiger partial charge is 0.507 e. The van der Waals surface area contributed by atoms with E-state index in [1.165, 1.54) is 0 Å². The van der Waals surface area contributed by atoms with Crippen molar-refractivity contribution < 1.29 is 29.3 Å². The van der Waals surface area contributed by atoms with Crippen LogP contribution in [0.15, 0.2) is 24.3 Å². The molecule has 2 aromatic rings. The minimum atomic E-state index is -0.454. The van der Waals surface area contributed by atoms with E-state index in [0.29, 0.717) is 12.8 Å². The van der Waals surface area contributed by atoms with Gasteiger partial charge in [0.25, 0.3) is 0 Å². The van der Waals surface area contributed by atoms with Crippen molar-refractivity contribution in [1.82, 2.24) is 0 Å². The van der Waals surface area contributed by atoms with Crippen LogP contribution in [0.1, 0.15) is 87.8 Å². The van der Waals surface area contributed by atoms with E-state index in [0.717, 1.165) is 33.4 Å². The van der Waals surface area contributed by atoms with Gasteiger partial charge in [-0.2, -0.15) is 0 Å². The highest BCUT2D eigenvalue weighted by molar-refractivity contribution is 5.71. The lowest BCUT2D eigenvalue weighted by Crippen LogP contribution is -2.15. The molecule has 35 heavy (non-hydrogen) atoms. The molecular weight excluding hydrogens is 444 g/mol. The van der Waals surface area contributed by atoms with Gasteiger partial charge in [0.1, 0.15) is 11.5 Å². The second kappa shape index (κ2) is 11.1. The van der Waals surface area contributed by atoms with Gasteiger partial charge in [0, 0.05) is 12.8 Å². The number of aryl methyl sites for hydroxylation is 4. The van der Waals surface area contributed by atoms with Crippen molar-refractivity contribution in [2.24, 2.45) is 0 Å². The first kappa shape index (κ1) is 28.2. The van der Waals surface area contributed by atoms with Gasteiger partial charge in [-0.3, -0.25) is 9.59 Å². The molecule has 0 aliphatic rings. The number of hydrogen-bond acceptors (Lipinski definition) is 6. The Bertz CT molecular complexity index is 985. The number of carbonyl (C=O) groups excluding carboxylic acids is 2. The average Bonchev–Trinajstić information content (AvgIpc) is 2.73. The van der Waals surface area contributed by atoms with Crippen molar-refractivity contribution in [1.29, 1.82) is 0 Å². The number of ether oxygens (including phenoxy) is 2. The third-order valence-electron chi connectivity index (χ3n) is 6.01. The van der Waals surface area contributed by atoms with Crippen LogP contribution in [0.25, 0.3) is 0 Å². The Balaban J connectivity index is 1.82. The number of carbonyl (C=O) groups is 2. The molecule has 2 rings (SSSR count). The second-order valence-electron chi connectivity index (χ2n) is 11.3. The highest BCUT2D eigenvalue weighted by atomic mass is 16.7. The summed E-state index contributed by atoms with van der Waals surface area (Å²) in [6, 6.07) is 7.58. The molecule has 0 heterocycles. The highest BCUT2D eigenvalue weighted by Crippen LogP contribution is 2.35. The average molecular weight is 485 g/mol. The summed E-state index contributed by atoms with van der Waals surface area (Å²) in [6.45, 7) is 15.4. The number of phenols is 2. The minimum Gasteiger partial charge on any atom is -0.507 e. The van der Waals surface area contributed by atoms with Crippen molar-refractivity contribution in [2.45, 2.75) is 91.9 Å². The molecule has 0 aromatic heterocycles. The Morgan fingerprint density at radius 3 is 1.34 bits per heavy atom. The number of esters is 2. The highest BCUT2D eigenvalue weighted by Gasteiger charge is 2.21. The molecule has 0 radical (unpaired) electrons. The van der Waals surface area contributed by atoms with E-state index in [1.807, 2.05) is 79.7 Å². The Hall–Kier alpha value is -3.02. The van der Waals surface area contributed by atoms with Crippen LogP contribution < -0.4 is 0 Å². The Kier molecular flexibility index (Phi) is 8.99. The van der Waals surface area contributed by atoms with Gasteiger partial charge >= 0.3 is 11.9 Å². The molecule has 6 nitrogen and oxygen atoms in total. The summed E-state index contributed by atoms with van der Waals surface area (Å²) in [5, 5.41) is 20.7. The van der Waals surface area contributed by atoms with Crippen molar-refractivity contribution in [3.05, 3.63) is 57.6 Å². The first-order valence-corrected chi connectivity index (χ1v) is 12.1. The van der Waals surface area contributed by atoms with Gasteiger partial charge < -0.3 is 19.7 Å². The normalized spacial score (nSPS) is 11.9. The van der Waals surface area contributed by atoms with Crippen LogP contribution in [-0.2, 0) is 42.7 Å². The minimum absolute atomic E-state index is 0.147. The van der Waals surface area contributed by atoms with Gasteiger partial charge in [-0.1, -0.05) is 65.8 Å². The van der Waals surface area contributed by atoms with Crippen molar-refractivity contribution in [3.63, 3.8) is 0 Å².